The van der Waals surface area contributed by atoms with Crippen LogP contribution in [0, 0.1) is 13.8 Å². The molecule has 0 aromatic carbocycles. The van der Waals surface area contributed by atoms with Crippen molar-refractivity contribution in [3.63, 3.8) is 0 Å². The lowest BCUT2D eigenvalue weighted by Gasteiger charge is -2.10. The Bertz CT molecular complexity index is 813. The first-order chi connectivity index (χ1) is 11.8. The molecule has 2 heterocycles. The molecule has 0 radical (unpaired) electrons. The number of rotatable bonds is 5. The van der Waals surface area contributed by atoms with Gasteiger partial charge in [-0.3, -0.25) is 4.79 Å². The van der Waals surface area contributed by atoms with Crippen molar-refractivity contribution < 1.29 is 28.6 Å². The predicted molar refractivity (Wildman–Crippen MR) is 91.5 cm³/mol. The van der Waals surface area contributed by atoms with E-state index in [1.165, 1.54) is 21.3 Å². The highest BCUT2D eigenvalue weighted by molar-refractivity contribution is 7.17. The fourth-order valence-electron chi connectivity index (χ4n) is 2.55. The van der Waals surface area contributed by atoms with E-state index >= 15 is 0 Å². The van der Waals surface area contributed by atoms with E-state index in [1.54, 1.807) is 0 Å². The van der Waals surface area contributed by atoms with Gasteiger partial charge < -0.3 is 18.8 Å². The van der Waals surface area contributed by atoms with Crippen LogP contribution in [0.5, 0.6) is 0 Å². The second-order valence-electron chi connectivity index (χ2n) is 5.28. The van der Waals surface area contributed by atoms with Crippen LogP contribution < -0.4 is 0 Å². The van der Waals surface area contributed by atoms with Crippen molar-refractivity contribution in [2.24, 2.45) is 0 Å². The number of carbonyl (C=O) groups is 3. The van der Waals surface area contributed by atoms with E-state index < -0.39 is 17.9 Å². The zero-order valence-corrected chi connectivity index (χ0v) is 15.5. The fourth-order valence-corrected chi connectivity index (χ4v) is 3.90. The first kappa shape index (κ1) is 18.7. The maximum atomic E-state index is 12.4. The number of aromatic nitrogens is 1. The minimum atomic E-state index is -0.632. The monoisotopic (exact) mass is 365 g/mol. The molecule has 8 heteroatoms. The summed E-state index contributed by atoms with van der Waals surface area (Å²) >= 11 is 1.08. The Morgan fingerprint density at radius 3 is 2.00 bits per heavy atom. The molecule has 0 amide bonds. The van der Waals surface area contributed by atoms with Crippen molar-refractivity contribution in [1.29, 1.82) is 0 Å². The molecule has 0 spiro atoms. The van der Waals surface area contributed by atoms with Crippen molar-refractivity contribution in [1.82, 2.24) is 4.57 Å². The van der Waals surface area contributed by atoms with Crippen LogP contribution in [0.3, 0.4) is 0 Å². The second-order valence-corrected chi connectivity index (χ2v) is 6.28. The quantitative estimate of drug-likeness (QED) is 0.598. The maximum Gasteiger partial charge on any atom is 0.348 e. The summed E-state index contributed by atoms with van der Waals surface area (Å²) in [6.07, 6.45) is -0.235. The average molecular weight is 365 g/mol. The normalized spacial score (nSPS) is 10.4. The zero-order valence-electron chi connectivity index (χ0n) is 14.7. The van der Waals surface area contributed by atoms with Gasteiger partial charge in [-0.25, -0.2) is 9.59 Å². The SMILES string of the molecule is COC(=O)Cc1c(C(=O)OC)sc(-n2c(C)ccc2C)c1C(=O)OC. The van der Waals surface area contributed by atoms with Crippen LogP contribution in [-0.4, -0.2) is 43.8 Å². The molecule has 0 unspecified atom stereocenters. The lowest BCUT2D eigenvalue weighted by Crippen LogP contribution is -2.14. The summed E-state index contributed by atoms with van der Waals surface area (Å²) in [7, 11) is 3.73. The zero-order chi connectivity index (χ0) is 18.7. The number of hydrogen-bond acceptors (Lipinski definition) is 7. The van der Waals surface area contributed by atoms with Crippen LogP contribution in [0.2, 0.25) is 0 Å². The van der Waals surface area contributed by atoms with Crippen LogP contribution in [0.1, 0.15) is 37.0 Å². The summed E-state index contributed by atoms with van der Waals surface area (Å²) in [6.45, 7) is 3.76. The molecule has 0 aliphatic rings. The number of esters is 3. The molecular weight excluding hydrogens is 346 g/mol. The van der Waals surface area contributed by atoms with Crippen LogP contribution >= 0.6 is 11.3 Å². The van der Waals surface area contributed by atoms with E-state index in [0.717, 1.165) is 22.7 Å². The first-order valence-corrected chi connectivity index (χ1v) is 8.21. The molecule has 2 aromatic rings. The van der Waals surface area contributed by atoms with Gasteiger partial charge in [0, 0.05) is 17.0 Å². The van der Waals surface area contributed by atoms with E-state index in [4.69, 9.17) is 14.2 Å². The summed E-state index contributed by atoms with van der Waals surface area (Å²) in [6, 6.07) is 3.79. The lowest BCUT2D eigenvalue weighted by atomic mass is 10.1. The van der Waals surface area contributed by atoms with Gasteiger partial charge in [-0.1, -0.05) is 0 Å². The highest BCUT2D eigenvalue weighted by atomic mass is 32.1. The Hall–Kier alpha value is -2.61. The second kappa shape index (κ2) is 7.52. The molecule has 7 nitrogen and oxygen atoms in total. The van der Waals surface area contributed by atoms with Crippen molar-refractivity contribution >= 4 is 29.2 Å². The van der Waals surface area contributed by atoms with Gasteiger partial charge in [-0.05, 0) is 26.0 Å². The van der Waals surface area contributed by atoms with Crippen LogP contribution in [0.25, 0.3) is 5.00 Å². The molecule has 134 valence electrons. The molecule has 0 fully saturated rings. The Morgan fingerprint density at radius 2 is 1.52 bits per heavy atom. The molecule has 0 N–H and O–H groups in total. The highest BCUT2D eigenvalue weighted by Crippen LogP contribution is 2.35. The minimum absolute atomic E-state index is 0.167. The van der Waals surface area contributed by atoms with E-state index in [1.807, 2.05) is 30.5 Å². The minimum Gasteiger partial charge on any atom is -0.469 e. The van der Waals surface area contributed by atoms with Crippen molar-refractivity contribution in [3.05, 3.63) is 39.5 Å². The largest absolute Gasteiger partial charge is 0.469 e. The summed E-state index contributed by atoms with van der Waals surface area (Å²) in [5, 5.41) is 0.506. The van der Waals surface area contributed by atoms with Gasteiger partial charge in [-0.15, -0.1) is 11.3 Å². The summed E-state index contributed by atoms with van der Waals surface area (Å²) in [5.41, 5.74) is 2.17. The molecule has 0 bridgehead atoms. The molecule has 0 aliphatic carbocycles. The predicted octanol–water partition coefficient (Wildman–Crippen LogP) is 2.44. The third-order valence-electron chi connectivity index (χ3n) is 3.77. The fraction of sp³-hybridized carbons (Fsp3) is 0.353. The van der Waals surface area contributed by atoms with Crippen molar-refractivity contribution in [2.45, 2.75) is 20.3 Å². The number of carbonyl (C=O) groups excluding carboxylic acids is 3. The van der Waals surface area contributed by atoms with Gasteiger partial charge >= 0.3 is 17.9 Å². The summed E-state index contributed by atoms with van der Waals surface area (Å²) < 4.78 is 16.2. The van der Waals surface area contributed by atoms with Crippen molar-refractivity contribution in [2.75, 3.05) is 21.3 Å². The van der Waals surface area contributed by atoms with E-state index in [0.29, 0.717) is 5.00 Å². The molecular formula is C17H19NO6S. The average Bonchev–Trinajstić information content (AvgIpc) is 3.13. The lowest BCUT2D eigenvalue weighted by molar-refractivity contribution is -0.139. The maximum absolute atomic E-state index is 12.4. The molecule has 2 aromatic heterocycles. The van der Waals surface area contributed by atoms with Gasteiger partial charge in [-0.2, -0.15) is 0 Å². The molecule has 25 heavy (non-hydrogen) atoms. The molecule has 0 aliphatic heterocycles. The third kappa shape index (κ3) is 3.43. The Balaban J connectivity index is 2.81. The molecule has 0 atom stereocenters. The molecule has 2 rings (SSSR count). The van der Waals surface area contributed by atoms with Gasteiger partial charge in [0.15, 0.2) is 0 Å². The summed E-state index contributed by atoms with van der Waals surface area (Å²) in [4.78, 5) is 36.6. The van der Waals surface area contributed by atoms with E-state index in [9.17, 15) is 14.4 Å². The van der Waals surface area contributed by atoms with Gasteiger partial charge in [0.2, 0.25) is 0 Å². The van der Waals surface area contributed by atoms with E-state index in [-0.39, 0.29) is 22.4 Å². The molecule has 0 saturated heterocycles. The van der Waals surface area contributed by atoms with Gasteiger partial charge in [0.1, 0.15) is 9.88 Å². The Labute approximate surface area is 149 Å². The van der Waals surface area contributed by atoms with Crippen LogP contribution in [-0.2, 0) is 25.4 Å². The van der Waals surface area contributed by atoms with Crippen LogP contribution in [0.15, 0.2) is 12.1 Å². The highest BCUT2D eigenvalue weighted by Gasteiger charge is 2.31. The Morgan fingerprint density at radius 1 is 0.960 bits per heavy atom. The van der Waals surface area contributed by atoms with Gasteiger partial charge in [0.05, 0.1) is 33.3 Å². The standard InChI is InChI=1S/C17H19NO6S/c1-9-6-7-10(2)18(9)15-13(16(20)23-4)11(8-12(19)22-3)14(25-15)17(21)24-5/h6-7H,8H2,1-5H3. The number of ether oxygens (including phenoxy) is 3. The van der Waals surface area contributed by atoms with Crippen LogP contribution in [0.4, 0.5) is 0 Å². The number of aryl methyl sites for hydroxylation is 2. The number of hydrogen-bond donors (Lipinski definition) is 0. The third-order valence-corrected chi connectivity index (χ3v) is 4.97. The number of methoxy groups -OCH3 is 3. The van der Waals surface area contributed by atoms with Gasteiger partial charge in [0.25, 0.3) is 0 Å². The van der Waals surface area contributed by atoms with Crippen molar-refractivity contribution in [3.8, 4) is 5.00 Å². The first-order valence-electron chi connectivity index (χ1n) is 7.40. The summed E-state index contributed by atoms with van der Waals surface area (Å²) in [5.74, 6) is -1.82. The topological polar surface area (TPSA) is 83.8 Å². The molecule has 0 saturated carbocycles. The smallest absolute Gasteiger partial charge is 0.348 e. The number of nitrogens with zero attached hydrogens (tertiary/aromatic N) is 1. The Kier molecular flexibility index (Phi) is 5.63. The number of thiophene rings is 1. The van der Waals surface area contributed by atoms with E-state index in [2.05, 4.69) is 0 Å².